The summed E-state index contributed by atoms with van der Waals surface area (Å²) in [5, 5.41) is 0.265. The Morgan fingerprint density at radius 2 is 2.00 bits per heavy atom. The van der Waals surface area contributed by atoms with Crippen LogP contribution in [0.1, 0.15) is 34.8 Å². The van der Waals surface area contributed by atoms with Crippen LogP contribution in [-0.4, -0.2) is 31.6 Å². The maximum Gasteiger partial charge on any atom is 0.257 e. The van der Waals surface area contributed by atoms with Crippen molar-refractivity contribution in [3.05, 3.63) is 58.4 Å². The molecule has 1 saturated heterocycles. The van der Waals surface area contributed by atoms with E-state index in [1.54, 1.807) is 19.1 Å². The van der Waals surface area contributed by atoms with Gasteiger partial charge in [0.2, 0.25) is 0 Å². The molecule has 3 rings (SSSR count). The second kappa shape index (κ2) is 7.31. The van der Waals surface area contributed by atoms with Gasteiger partial charge in [-0.2, -0.15) is 0 Å². The molecule has 0 saturated carbocycles. The van der Waals surface area contributed by atoms with Gasteiger partial charge >= 0.3 is 0 Å². The number of carbonyl (C=O) groups is 1. The van der Waals surface area contributed by atoms with Gasteiger partial charge in [-0.3, -0.25) is 4.79 Å². The molecule has 0 aliphatic carbocycles. The van der Waals surface area contributed by atoms with Crippen molar-refractivity contribution in [1.29, 1.82) is 0 Å². The van der Waals surface area contributed by atoms with Crippen LogP contribution in [-0.2, 0) is 0 Å². The highest BCUT2D eigenvalue weighted by molar-refractivity contribution is 6.30. The molecule has 4 nitrogen and oxygen atoms in total. The van der Waals surface area contributed by atoms with Crippen molar-refractivity contribution in [3.63, 3.8) is 0 Å². The third-order valence-corrected chi connectivity index (χ3v) is 4.71. The molecule has 1 atom stereocenters. The molecular formula is C19H19ClFNO3. The van der Waals surface area contributed by atoms with Gasteiger partial charge in [-0.05, 0) is 49.2 Å². The van der Waals surface area contributed by atoms with Crippen LogP contribution in [0.5, 0.6) is 11.5 Å². The van der Waals surface area contributed by atoms with Gasteiger partial charge in [-0.1, -0.05) is 11.6 Å². The number of ether oxygens (including phenoxy) is 2. The first kappa shape index (κ1) is 17.5. The molecule has 0 spiro atoms. The molecule has 1 fully saturated rings. The fourth-order valence-corrected chi connectivity index (χ4v) is 3.41. The van der Waals surface area contributed by atoms with E-state index in [0.29, 0.717) is 18.0 Å². The summed E-state index contributed by atoms with van der Waals surface area (Å²) in [7, 11) is 3.18. The van der Waals surface area contributed by atoms with Gasteiger partial charge < -0.3 is 14.4 Å². The van der Waals surface area contributed by atoms with Crippen LogP contribution in [0.2, 0.25) is 5.02 Å². The molecule has 1 aliphatic heterocycles. The third-order valence-electron chi connectivity index (χ3n) is 4.47. The maximum absolute atomic E-state index is 14.2. The molecule has 0 unspecified atom stereocenters. The number of methoxy groups -OCH3 is 2. The lowest BCUT2D eigenvalue weighted by atomic mass is 10.0. The highest BCUT2D eigenvalue weighted by atomic mass is 35.5. The summed E-state index contributed by atoms with van der Waals surface area (Å²) >= 11 is 5.78. The van der Waals surface area contributed by atoms with E-state index in [9.17, 15) is 9.18 Å². The SMILES string of the molecule is COc1ccc(OC)c([C@H]2CCCN2C(=O)c2ccc(Cl)cc2F)c1. The number of halogens is 2. The van der Waals surface area contributed by atoms with Gasteiger partial charge in [0.05, 0.1) is 25.8 Å². The molecule has 0 radical (unpaired) electrons. The molecule has 1 aliphatic rings. The zero-order valence-electron chi connectivity index (χ0n) is 14.1. The Labute approximate surface area is 151 Å². The summed E-state index contributed by atoms with van der Waals surface area (Å²) in [6, 6.07) is 9.42. The number of hydrogen-bond donors (Lipinski definition) is 0. The molecule has 6 heteroatoms. The minimum Gasteiger partial charge on any atom is -0.497 e. The predicted octanol–water partition coefficient (Wildman–Crippen LogP) is 4.47. The normalized spacial score (nSPS) is 16.8. The zero-order valence-corrected chi connectivity index (χ0v) is 14.8. The number of nitrogens with zero attached hydrogens (tertiary/aromatic N) is 1. The Hall–Kier alpha value is -2.27. The van der Waals surface area contributed by atoms with Gasteiger partial charge in [0.15, 0.2) is 0 Å². The molecule has 132 valence electrons. The van der Waals surface area contributed by atoms with Crippen molar-refractivity contribution in [2.75, 3.05) is 20.8 Å². The lowest BCUT2D eigenvalue weighted by Crippen LogP contribution is -2.31. The molecule has 1 amide bonds. The summed E-state index contributed by atoms with van der Waals surface area (Å²) in [5.74, 6) is 0.414. The van der Waals surface area contributed by atoms with Gasteiger partial charge in [-0.25, -0.2) is 4.39 Å². The topological polar surface area (TPSA) is 38.8 Å². The molecule has 25 heavy (non-hydrogen) atoms. The van der Waals surface area contributed by atoms with E-state index in [2.05, 4.69) is 0 Å². The van der Waals surface area contributed by atoms with Gasteiger partial charge in [-0.15, -0.1) is 0 Å². The van der Waals surface area contributed by atoms with Crippen LogP contribution in [0.3, 0.4) is 0 Å². The highest BCUT2D eigenvalue weighted by Gasteiger charge is 2.33. The minimum atomic E-state index is -0.610. The monoisotopic (exact) mass is 363 g/mol. The number of likely N-dealkylation sites (tertiary alicyclic amines) is 1. The van der Waals surface area contributed by atoms with E-state index in [1.165, 1.54) is 12.1 Å². The number of hydrogen-bond acceptors (Lipinski definition) is 3. The lowest BCUT2D eigenvalue weighted by Gasteiger charge is -2.27. The van der Waals surface area contributed by atoms with Crippen LogP contribution in [0, 0.1) is 5.82 Å². The van der Waals surface area contributed by atoms with Crippen LogP contribution in [0.4, 0.5) is 4.39 Å². The second-order valence-corrected chi connectivity index (χ2v) is 6.33. The van der Waals surface area contributed by atoms with Crippen molar-refractivity contribution in [1.82, 2.24) is 4.90 Å². The molecule has 2 aromatic carbocycles. The highest BCUT2D eigenvalue weighted by Crippen LogP contribution is 2.39. The average molecular weight is 364 g/mol. The standard InChI is InChI=1S/C19H19ClFNO3/c1-24-13-6-8-18(25-2)15(11-13)17-4-3-9-22(17)19(23)14-7-5-12(20)10-16(14)21/h5-8,10-11,17H,3-4,9H2,1-2H3/t17-/m1/s1. The zero-order chi connectivity index (χ0) is 18.0. The van der Waals surface area contributed by atoms with E-state index in [-0.39, 0.29) is 22.5 Å². The predicted molar refractivity (Wildman–Crippen MR) is 94.0 cm³/mol. The van der Waals surface area contributed by atoms with Gasteiger partial charge in [0.1, 0.15) is 17.3 Å². The molecule has 0 N–H and O–H groups in total. The Morgan fingerprint density at radius 1 is 1.20 bits per heavy atom. The summed E-state index contributed by atoms with van der Waals surface area (Å²) in [4.78, 5) is 14.6. The summed E-state index contributed by atoms with van der Waals surface area (Å²) in [6.45, 7) is 0.561. The van der Waals surface area contributed by atoms with Crippen molar-refractivity contribution >= 4 is 17.5 Å². The molecule has 0 bridgehead atoms. The quantitative estimate of drug-likeness (QED) is 0.804. The summed E-state index contributed by atoms with van der Waals surface area (Å²) < 4.78 is 24.9. The fourth-order valence-electron chi connectivity index (χ4n) is 3.25. The largest absolute Gasteiger partial charge is 0.497 e. The minimum absolute atomic E-state index is 0.0261. The Balaban J connectivity index is 1.96. The van der Waals surface area contributed by atoms with Crippen LogP contribution in [0.15, 0.2) is 36.4 Å². The number of rotatable bonds is 4. The average Bonchev–Trinajstić information content (AvgIpc) is 3.10. The van der Waals surface area contributed by atoms with Gasteiger partial charge in [0.25, 0.3) is 5.91 Å². The van der Waals surface area contributed by atoms with E-state index in [4.69, 9.17) is 21.1 Å². The van der Waals surface area contributed by atoms with Gasteiger partial charge in [0, 0.05) is 17.1 Å². The number of carbonyl (C=O) groups excluding carboxylic acids is 1. The molecule has 2 aromatic rings. The smallest absolute Gasteiger partial charge is 0.257 e. The molecular weight excluding hydrogens is 345 g/mol. The second-order valence-electron chi connectivity index (χ2n) is 5.89. The van der Waals surface area contributed by atoms with Crippen molar-refractivity contribution in [2.24, 2.45) is 0 Å². The maximum atomic E-state index is 14.2. The van der Waals surface area contributed by atoms with E-state index < -0.39 is 5.82 Å². The molecule has 0 aromatic heterocycles. The third kappa shape index (κ3) is 3.42. The summed E-state index contributed by atoms with van der Waals surface area (Å²) in [5.41, 5.74) is 0.889. The Bertz CT molecular complexity index is 796. The van der Waals surface area contributed by atoms with E-state index in [0.717, 1.165) is 24.5 Å². The first-order valence-corrected chi connectivity index (χ1v) is 8.41. The van der Waals surface area contributed by atoms with Crippen molar-refractivity contribution in [3.8, 4) is 11.5 Å². The Kier molecular flexibility index (Phi) is 5.13. The van der Waals surface area contributed by atoms with E-state index >= 15 is 0 Å². The van der Waals surface area contributed by atoms with E-state index in [1.807, 2.05) is 18.2 Å². The number of benzene rings is 2. The first-order valence-electron chi connectivity index (χ1n) is 8.03. The van der Waals surface area contributed by atoms with Crippen LogP contribution >= 0.6 is 11.6 Å². The summed E-state index contributed by atoms with van der Waals surface area (Å²) in [6.07, 6.45) is 1.62. The first-order chi connectivity index (χ1) is 12.0. The van der Waals surface area contributed by atoms with Crippen LogP contribution < -0.4 is 9.47 Å². The van der Waals surface area contributed by atoms with Crippen molar-refractivity contribution < 1.29 is 18.7 Å². The number of amides is 1. The lowest BCUT2D eigenvalue weighted by molar-refractivity contribution is 0.0729. The Morgan fingerprint density at radius 3 is 2.68 bits per heavy atom. The van der Waals surface area contributed by atoms with Crippen molar-refractivity contribution in [2.45, 2.75) is 18.9 Å². The fraction of sp³-hybridized carbons (Fsp3) is 0.316. The van der Waals surface area contributed by atoms with Crippen LogP contribution in [0.25, 0.3) is 0 Å². The molecule has 1 heterocycles.